The summed E-state index contributed by atoms with van der Waals surface area (Å²) >= 11 is 0. The largest absolute Gasteiger partial charge is 0.472 e. The molecule has 0 fully saturated rings. The smallest absolute Gasteiger partial charge is 0.265 e. The maximum Gasteiger partial charge on any atom is 0.265 e. The Balaban J connectivity index is 2.26. The van der Waals surface area contributed by atoms with Gasteiger partial charge in [0, 0.05) is 36.1 Å². The number of rotatable bonds is 4. The standard InChI is InChI=1S/C13H14F2N2O/c1-17(7-9-4-5-18-8-9)12-3-2-10(16)6-11(12)13(14)15/h2-6,8,13H,7,16H2,1H3. The van der Waals surface area contributed by atoms with Gasteiger partial charge in [-0.25, -0.2) is 8.78 Å². The van der Waals surface area contributed by atoms with Crippen LogP contribution < -0.4 is 10.6 Å². The van der Waals surface area contributed by atoms with Crippen LogP contribution in [0.15, 0.2) is 41.2 Å². The minimum atomic E-state index is -2.55. The van der Waals surface area contributed by atoms with Crippen molar-refractivity contribution < 1.29 is 13.2 Å². The molecule has 5 heteroatoms. The van der Waals surface area contributed by atoms with Gasteiger partial charge in [-0.15, -0.1) is 0 Å². The third-order valence-electron chi connectivity index (χ3n) is 2.70. The molecule has 2 aromatic rings. The summed E-state index contributed by atoms with van der Waals surface area (Å²) in [6, 6.07) is 6.34. The van der Waals surface area contributed by atoms with Gasteiger partial charge in [-0.3, -0.25) is 0 Å². The first-order valence-corrected chi connectivity index (χ1v) is 5.47. The van der Waals surface area contributed by atoms with E-state index in [4.69, 9.17) is 10.2 Å². The molecule has 1 heterocycles. The van der Waals surface area contributed by atoms with Crippen LogP contribution in [0.4, 0.5) is 20.2 Å². The molecule has 0 unspecified atom stereocenters. The quantitative estimate of drug-likeness (QED) is 0.847. The van der Waals surface area contributed by atoms with Crippen LogP contribution in [0.2, 0.25) is 0 Å². The van der Waals surface area contributed by atoms with Gasteiger partial charge in [0.25, 0.3) is 6.43 Å². The second-order valence-corrected chi connectivity index (χ2v) is 4.11. The molecule has 1 aromatic heterocycles. The number of nitrogens with two attached hydrogens (primary N) is 1. The van der Waals surface area contributed by atoms with E-state index in [2.05, 4.69) is 0 Å². The topological polar surface area (TPSA) is 42.4 Å². The molecule has 0 saturated carbocycles. The van der Waals surface area contributed by atoms with E-state index in [0.717, 1.165) is 5.56 Å². The molecule has 0 bridgehead atoms. The molecule has 2 N–H and O–H groups in total. The minimum absolute atomic E-state index is 0.0546. The Hall–Kier alpha value is -2.04. The van der Waals surface area contributed by atoms with Gasteiger partial charge in [-0.05, 0) is 24.3 Å². The zero-order valence-corrected chi connectivity index (χ0v) is 9.94. The molecular weight excluding hydrogens is 238 g/mol. The van der Waals surface area contributed by atoms with Crippen molar-refractivity contribution in [2.24, 2.45) is 0 Å². The van der Waals surface area contributed by atoms with Crippen LogP contribution in [-0.2, 0) is 6.54 Å². The first-order chi connectivity index (χ1) is 8.58. The number of nitrogens with zero attached hydrogens (tertiary/aromatic N) is 1. The monoisotopic (exact) mass is 252 g/mol. The van der Waals surface area contributed by atoms with E-state index in [9.17, 15) is 8.78 Å². The van der Waals surface area contributed by atoms with Crippen molar-refractivity contribution >= 4 is 11.4 Å². The number of hydrogen-bond acceptors (Lipinski definition) is 3. The molecule has 3 nitrogen and oxygen atoms in total. The number of hydrogen-bond donors (Lipinski definition) is 1. The summed E-state index contributed by atoms with van der Waals surface area (Å²) in [7, 11) is 1.75. The minimum Gasteiger partial charge on any atom is -0.472 e. The van der Waals surface area contributed by atoms with Crippen molar-refractivity contribution in [1.29, 1.82) is 0 Å². The molecule has 1 aromatic carbocycles. The number of furan rings is 1. The van der Waals surface area contributed by atoms with Gasteiger partial charge >= 0.3 is 0 Å². The van der Waals surface area contributed by atoms with Crippen LogP contribution >= 0.6 is 0 Å². The molecule has 0 amide bonds. The lowest BCUT2D eigenvalue weighted by atomic mass is 10.1. The molecule has 0 aliphatic rings. The molecule has 18 heavy (non-hydrogen) atoms. The van der Waals surface area contributed by atoms with Crippen LogP contribution in [-0.4, -0.2) is 7.05 Å². The number of alkyl halides is 2. The zero-order valence-electron chi connectivity index (χ0n) is 9.94. The van der Waals surface area contributed by atoms with E-state index in [1.807, 2.05) is 0 Å². The summed E-state index contributed by atoms with van der Waals surface area (Å²) in [5, 5.41) is 0. The van der Waals surface area contributed by atoms with Gasteiger partial charge in [0.15, 0.2) is 0 Å². The summed E-state index contributed by atoms with van der Waals surface area (Å²) in [6.45, 7) is 0.500. The molecule has 0 spiro atoms. The zero-order chi connectivity index (χ0) is 13.1. The van der Waals surface area contributed by atoms with E-state index in [1.54, 1.807) is 42.7 Å². The molecule has 96 valence electrons. The Bertz CT molecular complexity index is 512. The third-order valence-corrected chi connectivity index (χ3v) is 2.70. The Morgan fingerprint density at radius 1 is 1.33 bits per heavy atom. The van der Waals surface area contributed by atoms with Crippen molar-refractivity contribution in [2.75, 3.05) is 17.7 Å². The molecule has 0 saturated heterocycles. The van der Waals surface area contributed by atoms with E-state index in [0.29, 0.717) is 17.9 Å². The lowest BCUT2D eigenvalue weighted by Gasteiger charge is -2.22. The van der Waals surface area contributed by atoms with Gasteiger partial charge in [0.2, 0.25) is 0 Å². The van der Waals surface area contributed by atoms with E-state index in [1.165, 1.54) is 6.07 Å². The summed E-state index contributed by atoms with van der Waals surface area (Å²) in [6.07, 6.45) is 0.603. The van der Waals surface area contributed by atoms with Crippen molar-refractivity contribution in [3.05, 3.63) is 47.9 Å². The van der Waals surface area contributed by atoms with Crippen molar-refractivity contribution in [3.63, 3.8) is 0 Å². The first kappa shape index (κ1) is 12.4. The maximum absolute atomic E-state index is 12.9. The number of benzene rings is 1. The Kier molecular flexibility index (Phi) is 3.50. The third kappa shape index (κ3) is 2.61. The SMILES string of the molecule is CN(Cc1ccoc1)c1ccc(N)cc1C(F)F. The molecule has 0 radical (unpaired) electrons. The van der Waals surface area contributed by atoms with E-state index in [-0.39, 0.29) is 5.56 Å². The van der Waals surface area contributed by atoms with Crippen molar-refractivity contribution in [3.8, 4) is 0 Å². The predicted octanol–water partition coefficient (Wildman–Crippen LogP) is 3.44. The highest BCUT2D eigenvalue weighted by molar-refractivity contribution is 5.60. The lowest BCUT2D eigenvalue weighted by Crippen LogP contribution is -2.18. The summed E-state index contributed by atoms with van der Waals surface area (Å²) in [4.78, 5) is 1.74. The van der Waals surface area contributed by atoms with Crippen molar-refractivity contribution in [1.82, 2.24) is 0 Å². The number of anilines is 2. The fourth-order valence-corrected chi connectivity index (χ4v) is 1.84. The highest BCUT2D eigenvalue weighted by atomic mass is 19.3. The van der Waals surface area contributed by atoms with Gasteiger partial charge in [-0.1, -0.05) is 0 Å². The molecule has 0 aliphatic carbocycles. The molecular formula is C13H14F2N2O. The van der Waals surface area contributed by atoms with Crippen LogP contribution in [0.25, 0.3) is 0 Å². The second-order valence-electron chi connectivity index (χ2n) is 4.11. The molecule has 0 aliphatic heterocycles. The average molecular weight is 252 g/mol. The predicted molar refractivity (Wildman–Crippen MR) is 66.6 cm³/mol. The van der Waals surface area contributed by atoms with E-state index < -0.39 is 6.43 Å². The number of nitrogen functional groups attached to an aromatic ring is 1. The Morgan fingerprint density at radius 3 is 2.72 bits per heavy atom. The van der Waals surface area contributed by atoms with Gasteiger partial charge < -0.3 is 15.1 Å². The van der Waals surface area contributed by atoms with Crippen molar-refractivity contribution in [2.45, 2.75) is 13.0 Å². The van der Waals surface area contributed by atoms with Crippen LogP contribution in [0.1, 0.15) is 17.6 Å². The van der Waals surface area contributed by atoms with Gasteiger partial charge in [0.1, 0.15) is 0 Å². The van der Waals surface area contributed by atoms with Gasteiger partial charge in [-0.2, -0.15) is 0 Å². The normalized spacial score (nSPS) is 10.9. The fraction of sp³-hybridized carbons (Fsp3) is 0.231. The van der Waals surface area contributed by atoms with E-state index >= 15 is 0 Å². The highest BCUT2D eigenvalue weighted by Gasteiger charge is 2.16. The molecule has 0 atom stereocenters. The summed E-state index contributed by atoms with van der Waals surface area (Å²) < 4.78 is 30.8. The summed E-state index contributed by atoms with van der Waals surface area (Å²) in [5.41, 5.74) is 7.22. The second kappa shape index (κ2) is 5.08. The fourth-order valence-electron chi connectivity index (χ4n) is 1.84. The Labute approximate surface area is 104 Å². The lowest BCUT2D eigenvalue weighted by molar-refractivity contribution is 0.152. The van der Waals surface area contributed by atoms with Crippen LogP contribution in [0, 0.1) is 0 Å². The maximum atomic E-state index is 12.9. The number of halogens is 2. The Morgan fingerprint density at radius 2 is 2.11 bits per heavy atom. The first-order valence-electron chi connectivity index (χ1n) is 5.47. The average Bonchev–Trinajstić information content (AvgIpc) is 2.81. The molecule has 2 rings (SSSR count). The van der Waals surface area contributed by atoms with Crippen LogP contribution in [0.5, 0.6) is 0 Å². The summed E-state index contributed by atoms with van der Waals surface area (Å²) in [5.74, 6) is 0. The van der Waals surface area contributed by atoms with Crippen LogP contribution in [0.3, 0.4) is 0 Å². The highest BCUT2D eigenvalue weighted by Crippen LogP contribution is 2.31. The van der Waals surface area contributed by atoms with Gasteiger partial charge in [0.05, 0.1) is 12.5 Å².